The van der Waals surface area contributed by atoms with Crippen molar-refractivity contribution < 1.29 is 23.8 Å². The van der Waals surface area contributed by atoms with Crippen LogP contribution >= 0.6 is 22.9 Å². The van der Waals surface area contributed by atoms with Crippen LogP contribution in [0.5, 0.6) is 17.2 Å². The molecule has 0 spiro atoms. The third-order valence-electron chi connectivity index (χ3n) is 4.66. The summed E-state index contributed by atoms with van der Waals surface area (Å²) in [6.07, 6.45) is 1.39. The zero-order valence-corrected chi connectivity index (χ0v) is 19.6. The Kier molecular flexibility index (Phi) is 7.41. The first-order valence-electron chi connectivity index (χ1n) is 10.1. The highest BCUT2D eigenvalue weighted by molar-refractivity contribution is 7.21. The molecule has 0 bridgehead atoms. The summed E-state index contributed by atoms with van der Waals surface area (Å²) in [5.74, 6) is 0.217. The van der Waals surface area contributed by atoms with E-state index >= 15 is 0 Å². The van der Waals surface area contributed by atoms with Crippen LogP contribution in [0.3, 0.4) is 0 Å². The number of hydrogen-bond acceptors (Lipinski definition) is 7. The number of hydrogen-bond donors (Lipinski definition) is 1. The Balaban J connectivity index is 1.39. The van der Waals surface area contributed by atoms with Crippen LogP contribution in [0.1, 0.15) is 15.2 Å². The number of nitrogens with one attached hydrogen (secondary N) is 1. The van der Waals surface area contributed by atoms with Crippen LogP contribution in [0.4, 0.5) is 0 Å². The summed E-state index contributed by atoms with van der Waals surface area (Å²) in [5.41, 5.74) is 2.88. The third kappa shape index (κ3) is 5.36. The van der Waals surface area contributed by atoms with Crippen LogP contribution in [0.2, 0.25) is 5.02 Å². The minimum absolute atomic E-state index is 0.251. The molecule has 0 saturated carbocycles. The van der Waals surface area contributed by atoms with Crippen molar-refractivity contribution in [3.05, 3.63) is 88.3 Å². The van der Waals surface area contributed by atoms with Gasteiger partial charge in [0.05, 0.1) is 18.3 Å². The largest absolute Gasteiger partial charge is 0.493 e. The SMILES string of the molecule is COc1ccccc1OCC(=O)NN=Cc1ccccc1OC(=O)c1sc2ccccc2c1Cl. The number of halogens is 1. The highest BCUT2D eigenvalue weighted by atomic mass is 35.5. The van der Waals surface area contributed by atoms with Gasteiger partial charge in [0.15, 0.2) is 18.1 Å². The van der Waals surface area contributed by atoms with Gasteiger partial charge >= 0.3 is 5.97 Å². The second kappa shape index (κ2) is 10.8. The Bertz CT molecular complexity index is 1370. The molecule has 1 heterocycles. The van der Waals surface area contributed by atoms with E-state index in [2.05, 4.69) is 10.5 Å². The summed E-state index contributed by atoms with van der Waals surface area (Å²) in [7, 11) is 1.52. The van der Waals surface area contributed by atoms with E-state index in [0.29, 0.717) is 27.0 Å². The number of rotatable bonds is 8. The Hall–Kier alpha value is -3.88. The summed E-state index contributed by atoms with van der Waals surface area (Å²) >= 11 is 7.65. The number of nitrogens with zero attached hydrogens (tertiary/aromatic N) is 1. The fourth-order valence-corrected chi connectivity index (χ4v) is 4.44. The summed E-state index contributed by atoms with van der Waals surface area (Å²) < 4.78 is 17.1. The van der Waals surface area contributed by atoms with Crippen molar-refractivity contribution in [2.45, 2.75) is 0 Å². The number of esters is 1. The molecule has 3 aromatic carbocycles. The number of carbonyl (C=O) groups excluding carboxylic acids is 2. The zero-order valence-electron chi connectivity index (χ0n) is 18.0. The first-order chi connectivity index (χ1) is 16.6. The van der Waals surface area contributed by atoms with Crippen molar-refractivity contribution in [3.8, 4) is 17.2 Å². The van der Waals surface area contributed by atoms with E-state index in [0.717, 1.165) is 10.1 Å². The second-order valence-corrected chi connectivity index (χ2v) is 8.33. The van der Waals surface area contributed by atoms with Crippen molar-refractivity contribution in [1.29, 1.82) is 0 Å². The Morgan fingerprint density at radius 2 is 1.65 bits per heavy atom. The van der Waals surface area contributed by atoms with E-state index in [1.807, 2.05) is 24.3 Å². The van der Waals surface area contributed by atoms with Crippen LogP contribution in [-0.2, 0) is 4.79 Å². The maximum Gasteiger partial charge on any atom is 0.355 e. The molecule has 1 N–H and O–H groups in total. The van der Waals surface area contributed by atoms with E-state index in [9.17, 15) is 9.59 Å². The lowest BCUT2D eigenvalue weighted by atomic mass is 10.2. The van der Waals surface area contributed by atoms with Gasteiger partial charge in [-0.05, 0) is 30.3 Å². The van der Waals surface area contributed by atoms with Crippen LogP contribution < -0.4 is 19.6 Å². The molecule has 7 nitrogen and oxygen atoms in total. The molecular weight excluding hydrogens is 476 g/mol. The molecular formula is C25H19ClN2O5S. The van der Waals surface area contributed by atoms with Crippen LogP contribution in [0.15, 0.2) is 77.9 Å². The molecule has 0 aliphatic carbocycles. The van der Waals surface area contributed by atoms with Gasteiger partial charge in [0.2, 0.25) is 0 Å². The van der Waals surface area contributed by atoms with Crippen LogP contribution in [0, 0.1) is 0 Å². The van der Waals surface area contributed by atoms with Crippen LogP contribution in [0.25, 0.3) is 10.1 Å². The molecule has 0 atom stereocenters. The number of carbonyl (C=O) groups is 2. The van der Waals surface area contributed by atoms with Crippen molar-refractivity contribution >= 4 is 51.1 Å². The second-order valence-electron chi connectivity index (χ2n) is 6.90. The number of amides is 1. The van der Waals surface area contributed by atoms with Gasteiger partial charge in [0, 0.05) is 15.6 Å². The smallest absolute Gasteiger partial charge is 0.355 e. The normalized spacial score (nSPS) is 10.9. The van der Waals surface area contributed by atoms with Gasteiger partial charge in [-0.15, -0.1) is 11.3 Å². The molecule has 1 aromatic heterocycles. The number of para-hydroxylation sites is 3. The summed E-state index contributed by atoms with van der Waals surface area (Å²) in [6, 6.07) is 21.3. The Labute approximate surface area is 204 Å². The van der Waals surface area contributed by atoms with E-state index in [4.69, 9.17) is 25.8 Å². The van der Waals surface area contributed by atoms with E-state index in [1.165, 1.54) is 24.7 Å². The molecule has 172 valence electrons. The minimum atomic E-state index is -0.568. The summed E-state index contributed by atoms with van der Waals surface area (Å²) in [6.45, 7) is -0.251. The van der Waals surface area contributed by atoms with E-state index < -0.39 is 11.9 Å². The quantitative estimate of drug-likeness (QED) is 0.155. The van der Waals surface area contributed by atoms with Gasteiger partial charge in [0.25, 0.3) is 5.91 Å². The molecule has 0 aliphatic heterocycles. The number of thiophene rings is 1. The maximum atomic E-state index is 12.8. The fraction of sp³-hybridized carbons (Fsp3) is 0.0800. The lowest BCUT2D eigenvalue weighted by Gasteiger charge is -2.09. The molecule has 34 heavy (non-hydrogen) atoms. The van der Waals surface area contributed by atoms with Gasteiger partial charge in [0.1, 0.15) is 10.6 Å². The predicted octanol–water partition coefficient (Wildman–Crippen LogP) is 5.31. The van der Waals surface area contributed by atoms with Crippen molar-refractivity contribution in [2.24, 2.45) is 5.10 Å². The molecule has 0 unspecified atom stereocenters. The van der Waals surface area contributed by atoms with Crippen molar-refractivity contribution in [1.82, 2.24) is 5.43 Å². The van der Waals surface area contributed by atoms with Crippen LogP contribution in [-0.4, -0.2) is 31.8 Å². The monoisotopic (exact) mass is 494 g/mol. The molecule has 0 fully saturated rings. The molecule has 0 saturated heterocycles. The van der Waals surface area contributed by atoms with Gasteiger partial charge in [-0.2, -0.15) is 5.10 Å². The Morgan fingerprint density at radius 3 is 2.41 bits per heavy atom. The molecule has 1 amide bonds. The first kappa shape index (κ1) is 23.3. The molecule has 0 radical (unpaired) electrons. The van der Waals surface area contributed by atoms with Gasteiger partial charge in [-0.25, -0.2) is 10.2 Å². The molecule has 4 rings (SSSR count). The lowest BCUT2D eigenvalue weighted by molar-refractivity contribution is -0.123. The number of ether oxygens (including phenoxy) is 3. The summed E-state index contributed by atoms with van der Waals surface area (Å²) in [4.78, 5) is 25.2. The summed E-state index contributed by atoms with van der Waals surface area (Å²) in [5, 5.41) is 5.10. The Morgan fingerprint density at radius 1 is 0.971 bits per heavy atom. The maximum absolute atomic E-state index is 12.8. The van der Waals surface area contributed by atoms with Gasteiger partial charge in [-0.3, -0.25) is 4.79 Å². The highest BCUT2D eigenvalue weighted by Gasteiger charge is 2.19. The highest BCUT2D eigenvalue weighted by Crippen LogP contribution is 2.36. The van der Waals surface area contributed by atoms with E-state index in [-0.39, 0.29) is 12.4 Å². The first-order valence-corrected chi connectivity index (χ1v) is 11.3. The average Bonchev–Trinajstić information content (AvgIpc) is 3.20. The molecule has 4 aromatic rings. The number of fused-ring (bicyclic) bond motifs is 1. The van der Waals surface area contributed by atoms with Crippen molar-refractivity contribution in [3.63, 3.8) is 0 Å². The van der Waals surface area contributed by atoms with Gasteiger partial charge in [-0.1, -0.05) is 54.1 Å². The molecule has 9 heteroatoms. The molecule has 0 aliphatic rings. The fourth-order valence-electron chi connectivity index (χ4n) is 3.06. The number of methoxy groups -OCH3 is 1. The average molecular weight is 495 g/mol. The minimum Gasteiger partial charge on any atom is -0.493 e. The number of hydrazone groups is 1. The van der Waals surface area contributed by atoms with E-state index in [1.54, 1.807) is 48.5 Å². The van der Waals surface area contributed by atoms with Gasteiger partial charge < -0.3 is 14.2 Å². The standard InChI is InChI=1S/C25H19ClN2O5S/c1-31-19-11-5-6-12-20(19)32-15-22(29)28-27-14-16-8-2-4-10-18(16)33-25(30)24-23(26)17-9-3-7-13-21(17)34-24/h2-14H,15H2,1H3,(H,28,29). The number of benzene rings is 3. The topological polar surface area (TPSA) is 86.2 Å². The zero-order chi connectivity index (χ0) is 23.9. The lowest BCUT2D eigenvalue weighted by Crippen LogP contribution is -2.24. The predicted molar refractivity (Wildman–Crippen MR) is 132 cm³/mol. The van der Waals surface area contributed by atoms with Crippen molar-refractivity contribution in [2.75, 3.05) is 13.7 Å². The third-order valence-corrected chi connectivity index (χ3v) is 6.32.